The van der Waals surface area contributed by atoms with Crippen molar-refractivity contribution in [2.75, 3.05) is 13.1 Å². The average molecular weight is 122 g/mol. The predicted molar refractivity (Wildman–Crippen MR) is 35.6 cm³/mol. The van der Waals surface area contributed by atoms with Crippen LogP contribution in [-0.4, -0.2) is 18.0 Å². The van der Waals surface area contributed by atoms with Gasteiger partial charge in [-0.3, -0.25) is 0 Å². The van der Waals surface area contributed by atoms with Gasteiger partial charge in [-0.2, -0.15) is 5.26 Å². The smallest absolute Gasteiger partial charge is 0.0625 e. The highest BCUT2D eigenvalue weighted by Crippen LogP contribution is 2.03. The molecule has 0 radical (unpaired) electrons. The fourth-order valence-electron chi connectivity index (χ4n) is 0.578. The van der Waals surface area contributed by atoms with E-state index in [9.17, 15) is 0 Å². The van der Waals surface area contributed by atoms with Gasteiger partial charge in [0.15, 0.2) is 0 Å². The molecule has 0 aromatic carbocycles. The maximum Gasteiger partial charge on any atom is 0.0625 e. The molecule has 0 unspecified atom stereocenters. The Balaban J connectivity index is 1.96. The van der Waals surface area contributed by atoms with Gasteiger partial charge in [0.1, 0.15) is 0 Å². The molecule has 2 nitrogen and oxygen atoms in total. The Morgan fingerprint density at radius 3 is 2.89 bits per heavy atom. The zero-order valence-electron chi connectivity index (χ0n) is 5.38. The quantitative estimate of drug-likeness (QED) is 0.414. The standard InChI is InChI=1S/C7H10N2/c8-4-2-1-3-5-9-6-7-9/h3,5H,1-2,6-7H2. The minimum absolute atomic E-state index is 0.643. The van der Waals surface area contributed by atoms with Crippen LogP contribution < -0.4 is 0 Å². The third kappa shape index (κ3) is 2.76. The second kappa shape index (κ2) is 3.13. The summed E-state index contributed by atoms with van der Waals surface area (Å²) >= 11 is 0. The van der Waals surface area contributed by atoms with E-state index in [2.05, 4.69) is 23.2 Å². The maximum absolute atomic E-state index is 8.15. The van der Waals surface area contributed by atoms with Crippen LogP contribution in [0.15, 0.2) is 12.3 Å². The van der Waals surface area contributed by atoms with Crippen LogP contribution in [0.25, 0.3) is 0 Å². The predicted octanol–water partition coefficient (Wildman–Crippen LogP) is 1.12. The Kier molecular flexibility index (Phi) is 2.14. The number of hydrogen-bond acceptors (Lipinski definition) is 2. The number of unbranched alkanes of at least 4 members (excludes halogenated alkanes) is 1. The van der Waals surface area contributed by atoms with Crippen LogP contribution in [0.2, 0.25) is 0 Å². The summed E-state index contributed by atoms with van der Waals surface area (Å²) < 4.78 is 0. The summed E-state index contributed by atoms with van der Waals surface area (Å²) in [7, 11) is 0. The van der Waals surface area contributed by atoms with E-state index in [4.69, 9.17) is 5.26 Å². The Labute approximate surface area is 55.4 Å². The first-order chi connectivity index (χ1) is 4.43. The van der Waals surface area contributed by atoms with E-state index in [0.29, 0.717) is 6.42 Å². The van der Waals surface area contributed by atoms with Crippen molar-refractivity contribution < 1.29 is 0 Å². The van der Waals surface area contributed by atoms with Gasteiger partial charge in [-0.25, -0.2) is 0 Å². The van der Waals surface area contributed by atoms with Crippen molar-refractivity contribution in [2.45, 2.75) is 12.8 Å². The van der Waals surface area contributed by atoms with Gasteiger partial charge in [-0.1, -0.05) is 6.08 Å². The minimum Gasteiger partial charge on any atom is -0.374 e. The molecular weight excluding hydrogens is 112 g/mol. The second-order valence-corrected chi connectivity index (χ2v) is 2.12. The van der Waals surface area contributed by atoms with Gasteiger partial charge in [0.25, 0.3) is 0 Å². The molecule has 0 amide bonds. The average Bonchev–Trinajstić information content (AvgIpc) is 2.63. The zero-order valence-corrected chi connectivity index (χ0v) is 5.38. The lowest BCUT2D eigenvalue weighted by Crippen LogP contribution is -1.78. The molecule has 0 spiro atoms. The highest BCUT2D eigenvalue weighted by molar-refractivity contribution is 4.91. The van der Waals surface area contributed by atoms with Crippen molar-refractivity contribution in [3.8, 4) is 6.07 Å². The molecule has 0 saturated carbocycles. The van der Waals surface area contributed by atoms with E-state index < -0.39 is 0 Å². The summed E-state index contributed by atoms with van der Waals surface area (Å²) in [5, 5.41) is 8.15. The molecule has 0 bridgehead atoms. The van der Waals surface area contributed by atoms with Gasteiger partial charge >= 0.3 is 0 Å². The number of nitrogens with zero attached hydrogens (tertiary/aromatic N) is 2. The van der Waals surface area contributed by atoms with Gasteiger partial charge in [-0.05, 0) is 12.6 Å². The molecule has 1 fully saturated rings. The fraction of sp³-hybridized carbons (Fsp3) is 0.571. The summed E-state index contributed by atoms with van der Waals surface area (Å²) in [6, 6.07) is 2.09. The Hall–Kier alpha value is -0.970. The van der Waals surface area contributed by atoms with Crippen LogP contribution in [0.5, 0.6) is 0 Å². The molecule has 1 aliphatic heterocycles. The molecule has 1 heterocycles. The molecule has 2 heteroatoms. The van der Waals surface area contributed by atoms with Crippen molar-refractivity contribution in [3.63, 3.8) is 0 Å². The van der Waals surface area contributed by atoms with Crippen LogP contribution in [0.4, 0.5) is 0 Å². The molecule has 0 N–H and O–H groups in total. The summed E-state index contributed by atoms with van der Waals surface area (Å²) in [5.74, 6) is 0. The van der Waals surface area contributed by atoms with Gasteiger partial charge in [0, 0.05) is 19.5 Å². The lowest BCUT2D eigenvalue weighted by Gasteiger charge is -1.85. The Morgan fingerprint density at radius 2 is 2.33 bits per heavy atom. The minimum atomic E-state index is 0.643. The largest absolute Gasteiger partial charge is 0.374 e. The highest BCUT2D eigenvalue weighted by atomic mass is 15.2. The molecule has 9 heavy (non-hydrogen) atoms. The van der Waals surface area contributed by atoms with Crippen molar-refractivity contribution in [1.29, 1.82) is 5.26 Å². The van der Waals surface area contributed by atoms with E-state index >= 15 is 0 Å². The van der Waals surface area contributed by atoms with E-state index in [-0.39, 0.29) is 0 Å². The first-order valence-corrected chi connectivity index (χ1v) is 3.21. The normalized spacial score (nSPS) is 16.1. The molecule has 48 valence electrons. The zero-order chi connectivity index (χ0) is 6.53. The van der Waals surface area contributed by atoms with Crippen LogP contribution in [0.3, 0.4) is 0 Å². The third-order valence-corrected chi connectivity index (χ3v) is 1.22. The van der Waals surface area contributed by atoms with Crippen molar-refractivity contribution in [3.05, 3.63) is 12.3 Å². The maximum atomic E-state index is 8.15. The topological polar surface area (TPSA) is 26.8 Å². The Morgan fingerprint density at radius 1 is 1.56 bits per heavy atom. The molecular formula is C7H10N2. The first-order valence-electron chi connectivity index (χ1n) is 3.21. The number of rotatable bonds is 3. The van der Waals surface area contributed by atoms with Gasteiger partial charge in [-0.15, -0.1) is 0 Å². The van der Waals surface area contributed by atoms with Crippen LogP contribution in [-0.2, 0) is 0 Å². The van der Waals surface area contributed by atoms with Crippen molar-refractivity contribution >= 4 is 0 Å². The van der Waals surface area contributed by atoms with Gasteiger partial charge in [0.05, 0.1) is 6.07 Å². The number of hydrogen-bond donors (Lipinski definition) is 0. The van der Waals surface area contributed by atoms with Crippen LogP contribution in [0, 0.1) is 11.3 Å². The molecule has 0 aliphatic carbocycles. The summed E-state index contributed by atoms with van der Waals surface area (Å²) in [6.45, 7) is 2.39. The fourth-order valence-corrected chi connectivity index (χ4v) is 0.578. The van der Waals surface area contributed by atoms with E-state index in [1.807, 2.05) is 0 Å². The summed E-state index contributed by atoms with van der Waals surface area (Å²) in [6.07, 6.45) is 5.66. The van der Waals surface area contributed by atoms with Crippen molar-refractivity contribution in [1.82, 2.24) is 4.90 Å². The monoisotopic (exact) mass is 122 g/mol. The Bertz CT molecular complexity index is 139. The van der Waals surface area contributed by atoms with E-state index in [1.54, 1.807) is 0 Å². The number of allylic oxidation sites excluding steroid dienone is 1. The lowest BCUT2D eigenvalue weighted by molar-refractivity contribution is 0.765. The molecule has 1 saturated heterocycles. The second-order valence-electron chi connectivity index (χ2n) is 2.12. The van der Waals surface area contributed by atoms with E-state index in [0.717, 1.165) is 6.42 Å². The third-order valence-electron chi connectivity index (χ3n) is 1.22. The highest BCUT2D eigenvalue weighted by Gasteiger charge is 2.09. The molecule has 0 atom stereocenters. The van der Waals surface area contributed by atoms with Crippen LogP contribution in [0.1, 0.15) is 12.8 Å². The first kappa shape index (κ1) is 6.15. The van der Waals surface area contributed by atoms with Gasteiger partial charge < -0.3 is 4.90 Å². The SMILES string of the molecule is N#CCCC=CN1CC1. The number of nitriles is 1. The molecule has 1 aliphatic rings. The lowest BCUT2D eigenvalue weighted by atomic mass is 10.3. The van der Waals surface area contributed by atoms with Gasteiger partial charge in [0.2, 0.25) is 0 Å². The van der Waals surface area contributed by atoms with Crippen molar-refractivity contribution in [2.24, 2.45) is 0 Å². The summed E-state index contributed by atoms with van der Waals surface area (Å²) in [4.78, 5) is 2.21. The molecule has 1 rings (SSSR count). The van der Waals surface area contributed by atoms with E-state index in [1.165, 1.54) is 13.1 Å². The summed E-state index contributed by atoms with van der Waals surface area (Å²) in [5.41, 5.74) is 0. The molecule has 0 aromatic heterocycles. The van der Waals surface area contributed by atoms with Crippen LogP contribution >= 0.6 is 0 Å². The molecule has 0 aromatic rings.